The summed E-state index contributed by atoms with van der Waals surface area (Å²) in [5.41, 5.74) is 4.11. The van der Waals surface area contributed by atoms with E-state index in [0.717, 1.165) is 33.3 Å². The monoisotopic (exact) mass is 394 g/mol. The number of nitrogens with zero attached hydrogens (tertiary/aromatic N) is 2. The summed E-state index contributed by atoms with van der Waals surface area (Å²) < 4.78 is 5.53. The van der Waals surface area contributed by atoms with Gasteiger partial charge < -0.3 is 4.74 Å². The van der Waals surface area contributed by atoms with Crippen LogP contribution in [0.3, 0.4) is 0 Å². The largest absolute Gasteiger partial charge is 0.496 e. The van der Waals surface area contributed by atoms with Gasteiger partial charge in [0, 0.05) is 6.54 Å². The van der Waals surface area contributed by atoms with E-state index in [4.69, 9.17) is 4.74 Å². The van der Waals surface area contributed by atoms with E-state index in [1.807, 2.05) is 56.3 Å². The van der Waals surface area contributed by atoms with E-state index in [0.29, 0.717) is 17.4 Å². The lowest BCUT2D eigenvalue weighted by atomic mass is 9.96. The average molecular weight is 395 g/mol. The average Bonchev–Trinajstić information content (AvgIpc) is 2.97. The number of thioether (sulfide) groups is 1. The van der Waals surface area contributed by atoms with Crippen molar-refractivity contribution in [1.29, 1.82) is 0 Å². The molecule has 0 radical (unpaired) electrons. The number of methoxy groups -OCH3 is 1. The van der Waals surface area contributed by atoms with Crippen LogP contribution in [-0.2, 0) is 4.79 Å². The minimum atomic E-state index is 0.00324. The smallest absolute Gasteiger partial charge is 0.266 e. The Morgan fingerprint density at radius 3 is 2.54 bits per heavy atom. The Morgan fingerprint density at radius 2 is 1.93 bits per heavy atom. The van der Waals surface area contributed by atoms with Gasteiger partial charge in [0.2, 0.25) is 0 Å². The highest BCUT2D eigenvalue weighted by atomic mass is 32.2. The predicted molar refractivity (Wildman–Crippen MR) is 118 cm³/mol. The van der Waals surface area contributed by atoms with Gasteiger partial charge in [-0.25, -0.2) is 4.99 Å². The number of amidine groups is 1. The molecule has 146 valence electrons. The van der Waals surface area contributed by atoms with Crippen LogP contribution in [-0.4, -0.2) is 29.6 Å². The fraction of sp³-hybridized carbons (Fsp3) is 0.304. The van der Waals surface area contributed by atoms with Gasteiger partial charge in [0.1, 0.15) is 5.75 Å². The van der Waals surface area contributed by atoms with Gasteiger partial charge in [-0.1, -0.05) is 32.0 Å². The summed E-state index contributed by atoms with van der Waals surface area (Å²) >= 11 is 1.43. The van der Waals surface area contributed by atoms with Crippen LogP contribution in [0, 0.1) is 6.92 Å². The fourth-order valence-electron chi connectivity index (χ4n) is 3.12. The van der Waals surface area contributed by atoms with E-state index in [1.54, 1.807) is 12.0 Å². The predicted octanol–water partition coefficient (Wildman–Crippen LogP) is 5.75. The molecule has 1 aliphatic heterocycles. The number of carbonyl (C=O) groups excluding carboxylic acids is 1. The van der Waals surface area contributed by atoms with Gasteiger partial charge in [-0.15, -0.1) is 0 Å². The first kappa shape index (κ1) is 20.2. The molecule has 0 spiro atoms. The molecule has 1 saturated heterocycles. The van der Waals surface area contributed by atoms with Crippen molar-refractivity contribution in [2.75, 3.05) is 13.7 Å². The molecule has 0 aromatic heterocycles. The van der Waals surface area contributed by atoms with E-state index in [1.165, 1.54) is 11.8 Å². The molecule has 3 rings (SSSR count). The lowest BCUT2D eigenvalue weighted by Crippen LogP contribution is -2.28. The summed E-state index contributed by atoms with van der Waals surface area (Å²) in [5, 5.41) is 0.722. The van der Waals surface area contributed by atoms with Crippen molar-refractivity contribution >= 4 is 34.6 Å². The van der Waals surface area contributed by atoms with Crippen molar-refractivity contribution in [3.8, 4) is 5.75 Å². The second-order valence-corrected chi connectivity index (χ2v) is 8.00. The second-order valence-electron chi connectivity index (χ2n) is 7.00. The van der Waals surface area contributed by atoms with Crippen molar-refractivity contribution in [3.63, 3.8) is 0 Å². The van der Waals surface area contributed by atoms with Crippen molar-refractivity contribution in [2.45, 2.75) is 33.6 Å². The summed E-state index contributed by atoms with van der Waals surface area (Å²) in [5.74, 6) is 1.23. The van der Waals surface area contributed by atoms with Gasteiger partial charge in [-0.2, -0.15) is 0 Å². The van der Waals surface area contributed by atoms with Crippen LogP contribution in [0.2, 0.25) is 0 Å². The topological polar surface area (TPSA) is 41.9 Å². The maximum absolute atomic E-state index is 12.9. The molecule has 2 aromatic carbocycles. The molecule has 2 aromatic rings. The maximum atomic E-state index is 12.9. The van der Waals surface area contributed by atoms with Gasteiger partial charge in [-0.3, -0.25) is 9.69 Å². The van der Waals surface area contributed by atoms with Crippen molar-refractivity contribution in [3.05, 3.63) is 64.1 Å². The number of hydrogen-bond acceptors (Lipinski definition) is 4. The van der Waals surface area contributed by atoms with Gasteiger partial charge in [0.25, 0.3) is 5.91 Å². The summed E-state index contributed by atoms with van der Waals surface area (Å²) in [4.78, 5) is 20.0. The molecule has 4 nitrogen and oxygen atoms in total. The van der Waals surface area contributed by atoms with Crippen LogP contribution < -0.4 is 4.74 Å². The number of hydrogen-bond donors (Lipinski definition) is 0. The van der Waals surface area contributed by atoms with Gasteiger partial charge in [-0.05, 0) is 78.6 Å². The Balaban J connectivity index is 2.00. The Labute approximate surface area is 171 Å². The number of para-hydroxylation sites is 1. The minimum Gasteiger partial charge on any atom is -0.496 e. The molecule has 0 bridgehead atoms. The quantitative estimate of drug-likeness (QED) is 0.606. The van der Waals surface area contributed by atoms with Gasteiger partial charge in [0.15, 0.2) is 5.17 Å². The molecule has 1 amide bonds. The molecule has 0 saturated carbocycles. The Kier molecular flexibility index (Phi) is 6.25. The van der Waals surface area contributed by atoms with Crippen LogP contribution in [0.15, 0.2) is 52.4 Å². The SMILES string of the molecule is CCN1C(=O)/C(=C\c2cc(C(C)C)c(OC)cc2C)SC1=Nc1ccccc1. The van der Waals surface area contributed by atoms with Crippen LogP contribution in [0.1, 0.15) is 43.4 Å². The summed E-state index contributed by atoms with van der Waals surface area (Å²) in [7, 11) is 1.70. The number of carbonyl (C=O) groups is 1. The first-order valence-electron chi connectivity index (χ1n) is 9.48. The normalized spacial score (nSPS) is 17.2. The lowest BCUT2D eigenvalue weighted by Gasteiger charge is -2.15. The molecule has 0 aliphatic carbocycles. The summed E-state index contributed by atoms with van der Waals surface area (Å²) in [6.45, 7) is 8.89. The third-order valence-corrected chi connectivity index (χ3v) is 5.72. The molecule has 0 atom stereocenters. The number of aryl methyl sites for hydroxylation is 1. The minimum absolute atomic E-state index is 0.00324. The highest BCUT2D eigenvalue weighted by Gasteiger charge is 2.32. The first-order valence-corrected chi connectivity index (χ1v) is 10.3. The van der Waals surface area contributed by atoms with Crippen LogP contribution in [0.5, 0.6) is 5.75 Å². The van der Waals surface area contributed by atoms with Crippen molar-refractivity contribution in [1.82, 2.24) is 4.90 Å². The van der Waals surface area contributed by atoms with E-state index in [2.05, 4.69) is 24.9 Å². The maximum Gasteiger partial charge on any atom is 0.266 e. The van der Waals surface area contributed by atoms with Crippen molar-refractivity contribution in [2.24, 2.45) is 4.99 Å². The number of amides is 1. The number of ether oxygens (including phenoxy) is 1. The molecule has 5 heteroatoms. The third kappa shape index (κ3) is 4.14. The van der Waals surface area contributed by atoms with Gasteiger partial charge >= 0.3 is 0 Å². The molecular weight excluding hydrogens is 368 g/mol. The van der Waals surface area contributed by atoms with E-state index in [-0.39, 0.29) is 5.91 Å². The molecular formula is C23H26N2O2S. The van der Waals surface area contributed by atoms with E-state index in [9.17, 15) is 4.79 Å². The zero-order chi connectivity index (χ0) is 20.3. The van der Waals surface area contributed by atoms with Crippen molar-refractivity contribution < 1.29 is 9.53 Å². The number of likely N-dealkylation sites (N-methyl/N-ethyl adjacent to an activating group) is 1. The zero-order valence-electron chi connectivity index (χ0n) is 17.0. The molecule has 0 unspecified atom stereocenters. The number of benzene rings is 2. The zero-order valence-corrected chi connectivity index (χ0v) is 17.8. The highest BCUT2D eigenvalue weighted by molar-refractivity contribution is 8.18. The molecule has 28 heavy (non-hydrogen) atoms. The van der Waals surface area contributed by atoms with Gasteiger partial charge in [0.05, 0.1) is 17.7 Å². The second kappa shape index (κ2) is 8.65. The summed E-state index contributed by atoms with van der Waals surface area (Å²) in [6, 6.07) is 13.9. The first-order chi connectivity index (χ1) is 13.4. The van der Waals surface area contributed by atoms with Crippen LogP contribution in [0.4, 0.5) is 5.69 Å². The standard InChI is InChI=1S/C23H26N2O2S/c1-6-25-22(26)21(28-23(25)24-18-10-8-7-9-11-18)14-17-13-19(15(2)3)20(27-5)12-16(17)4/h7-15H,6H2,1-5H3/b21-14+,24-23?. The van der Waals surface area contributed by atoms with E-state index >= 15 is 0 Å². The Morgan fingerprint density at radius 1 is 1.21 bits per heavy atom. The molecule has 1 fully saturated rings. The van der Waals surface area contributed by atoms with Crippen LogP contribution in [0.25, 0.3) is 6.08 Å². The molecule has 1 aliphatic rings. The molecule has 0 N–H and O–H groups in total. The van der Waals surface area contributed by atoms with E-state index < -0.39 is 0 Å². The lowest BCUT2D eigenvalue weighted by molar-refractivity contribution is -0.122. The fourth-order valence-corrected chi connectivity index (χ4v) is 4.18. The summed E-state index contributed by atoms with van der Waals surface area (Å²) in [6.07, 6.45) is 1.98. The Hall–Kier alpha value is -2.53. The number of aliphatic imine (C=N–C) groups is 1. The molecule has 1 heterocycles. The Bertz CT molecular complexity index is 933. The number of rotatable bonds is 5. The third-order valence-electron chi connectivity index (χ3n) is 4.71. The highest BCUT2D eigenvalue weighted by Crippen LogP contribution is 2.36. The van der Waals surface area contributed by atoms with Crippen LogP contribution >= 0.6 is 11.8 Å².